The third-order valence-corrected chi connectivity index (χ3v) is 6.22. The molecule has 144 valence electrons. The maximum atomic E-state index is 12.8. The Kier molecular flexibility index (Phi) is 6.26. The highest BCUT2D eigenvalue weighted by atomic mass is 32.2. The highest BCUT2D eigenvalue weighted by Crippen LogP contribution is 2.25. The van der Waals surface area contributed by atoms with Crippen molar-refractivity contribution >= 4 is 16.0 Å². The Bertz CT molecular complexity index is 878. The van der Waals surface area contributed by atoms with Crippen LogP contribution in [0.1, 0.15) is 34.8 Å². The van der Waals surface area contributed by atoms with Gasteiger partial charge in [-0.25, -0.2) is 17.9 Å². The second-order valence-corrected chi connectivity index (χ2v) is 8.31. The van der Waals surface area contributed by atoms with Crippen LogP contribution in [0.4, 0.5) is 0 Å². The lowest BCUT2D eigenvalue weighted by Crippen LogP contribution is -2.36. The van der Waals surface area contributed by atoms with Gasteiger partial charge in [-0.05, 0) is 49.7 Å². The fourth-order valence-electron chi connectivity index (χ4n) is 3.37. The van der Waals surface area contributed by atoms with E-state index in [4.69, 9.17) is 0 Å². The highest BCUT2D eigenvalue weighted by Gasteiger charge is 2.25. The predicted octanol–water partition coefficient (Wildman–Crippen LogP) is 2.59. The van der Waals surface area contributed by atoms with Crippen LogP contribution in [-0.2, 0) is 14.8 Å². The molecule has 2 aromatic carbocycles. The van der Waals surface area contributed by atoms with Crippen LogP contribution in [0.15, 0.2) is 59.5 Å². The van der Waals surface area contributed by atoms with Crippen LogP contribution in [0.2, 0.25) is 0 Å². The summed E-state index contributed by atoms with van der Waals surface area (Å²) in [5.41, 5.74) is 1.30. The second-order valence-electron chi connectivity index (χ2n) is 6.54. The van der Waals surface area contributed by atoms with Crippen molar-refractivity contribution < 1.29 is 17.9 Å². The fourth-order valence-corrected chi connectivity index (χ4v) is 4.45. The molecular weight excluding hydrogens is 364 g/mol. The third kappa shape index (κ3) is 4.74. The molecule has 7 heteroatoms. The number of carbonyl (C=O) groups is 1. The Morgan fingerprint density at radius 1 is 1.11 bits per heavy atom. The quantitative estimate of drug-likeness (QED) is 0.738. The van der Waals surface area contributed by atoms with Crippen LogP contribution in [-0.4, -0.2) is 46.0 Å². The number of hydrogen-bond donors (Lipinski definition) is 1. The molecule has 1 aliphatic rings. The number of esters is 1. The van der Waals surface area contributed by atoms with Gasteiger partial charge in [-0.1, -0.05) is 36.4 Å². The Hall–Kier alpha value is -2.22. The SMILES string of the molecule is COC(=O)c1cccc(S(=O)(=O)NC[C@H](c2ccccc2)N2CCCC2)c1. The van der Waals surface area contributed by atoms with Gasteiger partial charge in [0.05, 0.1) is 17.6 Å². The molecule has 0 unspecified atom stereocenters. The van der Waals surface area contributed by atoms with Gasteiger partial charge in [0.1, 0.15) is 0 Å². The minimum atomic E-state index is -3.74. The van der Waals surface area contributed by atoms with E-state index in [1.165, 1.54) is 31.4 Å². The van der Waals surface area contributed by atoms with Gasteiger partial charge >= 0.3 is 5.97 Å². The zero-order chi connectivity index (χ0) is 19.3. The van der Waals surface area contributed by atoms with E-state index in [0.29, 0.717) is 0 Å². The van der Waals surface area contributed by atoms with E-state index in [1.54, 1.807) is 0 Å². The van der Waals surface area contributed by atoms with Crippen LogP contribution in [0.5, 0.6) is 0 Å². The number of nitrogens with one attached hydrogen (secondary N) is 1. The molecule has 1 aliphatic heterocycles. The van der Waals surface area contributed by atoms with Gasteiger partial charge in [0.15, 0.2) is 0 Å². The smallest absolute Gasteiger partial charge is 0.337 e. The Morgan fingerprint density at radius 2 is 1.81 bits per heavy atom. The lowest BCUT2D eigenvalue weighted by molar-refractivity contribution is 0.0600. The van der Waals surface area contributed by atoms with Crippen LogP contribution < -0.4 is 4.72 Å². The molecular formula is C20H24N2O4S. The number of sulfonamides is 1. The number of nitrogens with zero attached hydrogens (tertiary/aromatic N) is 1. The van der Waals surface area contributed by atoms with Crippen molar-refractivity contribution in [1.29, 1.82) is 0 Å². The van der Waals surface area contributed by atoms with Gasteiger partial charge in [-0.2, -0.15) is 0 Å². The normalized spacial score (nSPS) is 16.2. The molecule has 1 fully saturated rings. The van der Waals surface area contributed by atoms with E-state index in [-0.39, 0.29) is 23.0 Å². The van der Waals surface area contributed by atoms with Crippen molar-refractivity contribution in [3.8, 4) is 0 Å². The fraction of sp³-hybridized carbons (Fsp3) is 0.350. The molecule has 0 amide bonds. The maximum absolute atomic E-state index is 12.8. The molecule has 1 heterocycles. The van der Waals surface area contributed by atoms with Crippen LogP contribution in [0.25, 0.3) is 0 Å². The summed E-state index contributed by atoms with van der Waals surface area (Å²) < 4.78 is 32.9. The maximum Gasteiger partial charge on any atom is 0.337 e. The first-order valence-electron chi connectivity index (χ1n) is 8.98. The topological polar surface area (TPSA) is 75.7 Å². The van der Waals surface area contributed by atoms with E-state index < -0.39 is 16.0 Å². The van der Waals surface area contributed by atoms with E-state index in [2.05, 4.69) is 14.4 Å². The van der Waals surface area contributed by atoms with Crippen molar-refractivity contribution in [3.63, 3.8) is 0 Å². The summed E-state index contributed by atoms with van der Waals surface area (Å²) in [6.45, 7) is 2.19. The first kappa shape index (κ1) is 19.5. The van der Waals surface area contributed by atoms with E-state index in [9.17, 15) is 13.2 Å². The van der Waals surface area contributed by atoms with Crippen molar-refractivity contribution in [3.05, 3.63) is 65.7 Å². The molecule has 0 spiro atoms. The van der Waals surface area contributed by atoms with Crippen molar-refractivity contribution in [2.45, 2.75) is 23.8 Å². The average molecular weight is 388 g/mol. The molecule has 27 heavy (non-hydrogen) atoms. The van der Waals surface area contributed by atoms with Gasteiger partial charge in [0.2, 0.25) is 10.0 Å². The number of ether oxygens (including phenoxy) is 1. The van der Waals surface area contributed by atoms with E-state index in [1.807, 2.05) is 30.3 Å². The van der Waals surface area contributed by atoms with Gasteiger partial charge < -0.3 is 4.74 Å². The Morgan fingerprint density at radius 3 is 2.48 bits per heavy atom. The number of rotatable bonds is 7. The summed E-state index contributed by atoms with van der Waals surface area (Å²) in [5.74, 6) is -0.564. The van der Waals surface area contributed by atoms with Gasteiger partial charge in [-0.15, -0.1) is 0 Å². The lowest BCUT2D eigenvalue weighted by atomic mass is 10.1. The summed E-state index contributed by atoms with van der Waals surface area (Å²) in [7, 11) is -2.48. The largest absolute Gasteiger partial charge is 0.465 e. The summed E-state index contributed by atoms with van der Waals surface area (Å²) in [5, 5.41) is 0. The summed E-state index contributed by atoms with van der Waals surface area (Å²) in [6, 6.07) is 15.8. The highest BCUT2D eigenvalue weighted by molar-refractivity contribution is 7.89. The number of hydrogen-bond acceptors (Lipinski definition) is 5. The predicted molar refractivity (Wildman–Crippen MR) is 103 cm³/mol. The zero-order valence-corrected chi connectivity index (χ0v) is 16.1. The van der Waals surface area contributed by atoms with Crippen molar-refractivity contribution in [2.75, 3.05) is 26.7 Å². The first-order valence-corrected chi connectivity index (χ1v) is 10.5. The third-order valence-electron chi connectivity index (χ3n) is 4.80. The minimum absolute atomic E-state index is 0.0211. The number of likely N-dealkylation sites (tertiary alicyclic amines) is 1. The number of methoxy groups -OCH3 is 1. The van der Waals surface area contributed by atoms with Gasteiger partial charge in [0.25, 0.3) is 0 Å². The standard InChI is InChI=1S/C20H24N2O4S/c1-26-20(23)17-10-7-11-18(14-17)27(24,25)21-15-19(22-12-5-6-13-22)16-8-3-2-4-9-16/h2-4,7-11,14,19,21H,5-6,12-13,15H2,1H3/t19-/m1/s1. The van der Waals surface area contributed by atoms with Crippen LogP contribution in [0, 0.1) is 0 Å². The molecule has 0 aromatic heterocycles. The summed E-state index contributed by atoms with van der Waals surface area (Å²) >= 11 is 0. The molecule has 0 saturated carbocycles. The first-order chi connectivity index (χ1) is 13.0. The van der Waals surface area contributed by atoms with Crippen molar-refractivity contribution in [2.24, 2.45) is 0 Å². The van der Waals surface area contributed by atoms with Crippen LogP contribution in [0.3, 0.4) is 0 Å². The molecule has 3 rings (SSSR count). The monoisotopic (exact) mass is 388 g/mol. The van der Waals surface area contributed by atoms with E-state index in [0.717, 1.165) is 31.5 Å². The van der Waals surface area contributed by atoms with Crippen molar-refractivity contribution in [1.82, 2.24) is 9.62 Å². The van der Waals surface area contributed by atoms with Gasteiger partial charge in [0, 0.05) is 12.6 Å². The lowest BCUT2D eigenvalue weighted by Gasteiger charge is -2.28. The number of carbonyl (C=O) groups excluding carboxylic acids is 1. The number of benzene rings is 2. The molecule has 2 aromatic rings. The average Bonchev–Trinajstić information content (AvgIpc) is 3.23. The second kappa shape index (κ2) is 8.65. The Labute approximate surface area is 160 Å². The molecule has 0 bridgehead atoms. The van der Waals surface area contributed by atoms with Gasteiger partial charge in [-0.3, -0.25) is 4.90 Å². The summed E-state index contributed by atoms with van der Waals surface area (Å²) in [6.07, 6.45) is 2.24. The minimum Gasteiger partial charge on any atom is -0.465 e. The van der Waals surface area contributed by atoms with E-state index >= 15 is 0 Å². The molecule has 1 atom stereocenters. The zero-order valence-electron chi connectivity index (χ0n) is 15.3. The Balaban J connectivity index is 1.79. The molecule has 0 aliphatic carbocycles. The molecule has 1 saturated heterocycles. The molecule has 0 radical (unpaired) electrons. The van der Waals surface area contributed by atoms with Crippen LogP contribution >= 0.6 is 0 Å². The molecule has 6 nitrogen and oxygen atoms in total. The molecule has 1 N–H and O–H groups in total. The summed E-state index contributed by atoms with van der Waals surface area (Å²) in [4.78, 5) is 14.0.